The fourth-order valence-electron chi connectivity index (χ4n) is 4.50. The molecule has 0 aliphatic carbocycles. The molecule has 0 spiro atoms. The third-order valence-electron chi connectivity index (χ3n) is 6.37. The quantitative estimate of drug-likeness (QED) is 0.129. The number of benzene rings is 2. The minimum atomic E-state index is -1.16. The number of para-hydroxylation sites is 1. The number of aliphatic hydroxyl groups excluding tert-OH is 1. The van der Waals surface area contributed by atoms with Crippen molar-refractivity contribution in [3.63, 3.8) is 0 Å². The Hall–Kier alpha value is -4.64. The van der Waals surface area contributed by atoms with E-state index in [1.807, 2.05) is 0 Å². The number of nitrogens with zero attached hydrogens (tertiary/aromatic N) is 2. The molecule has 1 atom stereocenters. The van der Waals surface area contributed by atoms with Gasteiger partial charge in [0.05, 0.1) is 32.6 Å². The van der Waals surface area contributed by atoms with Gasteiger partial charge in [0.25, 0.3) is 5.78 Å². The van der Waals surface area contributed by atoms with Crippen LogP contribution >= 0.6 is 11.3 Å². The number of anilines is 1. The molecule has 2 aromatic carbocycles. The third kappa shape index (κ3) is 4.91. The zero-order valence-electron chi connectivity index (χ0n) is 22.6. The zero-order valence-corrected chi connectivity index (χ0v) is 23.5. The van der Waals surface area contributed by atoms with Crippen LogP contribution in [0.5, 0.6) is 17.2 Å². The Bertz CT molecular complexity index is 1540. The van der Waals surface area contributed by atoms with Crippen LogP contribution in [0.25, 0.3) is 5.76 Å². The van der Waals surface area contributed by atoms with Crippen LogP contribution in [0.4, 0.5) is 5.13 Å². The number of ether oxygens (including phenoxy) is 4. The largest absolute Gasteiger partial charge is 0.507 e. The molecule has 1 fully saturated rings. The molecule has 0 unspecified atom stereocenters. The number of thiazole rings is 1. The van der Waals surface area contributed by atoms with Crippen molar-refractivity contribution >= 4 is 39.9 Å². The maximum atomic E-state index is 13.6. The summed E-state index contributed by atoms with van der Waals surface area (Å²) in [7, 11) is 4.42. The van der Waals surface area contributed by atoms with Crippen LogP contribution < -0.4 is 19.1 Å². The van der Waals surface area contributed by atoms with Crippen molar-refractivity contribution in [1.82, 2.24) is 4.98 Å². The lowest BCUT2D eigenvalue weighted by Crippen LogP contribution is -2.29. The number of amides is 1. The number of carbonyl (C=O) groups excluding carboxylic acids is 3. The number of carbonyl (C=O) groups is 3. The molecule has 10 nitrogen and oxygen atoms in total. The number of aliphatic hydroxyl groups is 1. The van der Waals surface area contributed by atoms with Gasteiger partial charge in [-0.25, -0.2) is 9.78 Å². The molecule has 1 aromatic heterocycles. The molecule has 1 aliphatic heterocycles. The molecule has 11 heteroatoms. The predicted molar refractivity (Wildman–Crippen MR) is 149 cm³/mol. The second-order valence-corrected chi connectivity index (χ2v) is 9.71. The molecule has 0 radical (unpaired) electrons. The summed E-state index contributed by atoms with van der Waals surface area (Å²) < 4.78 is 21.5. The molecular weight excluding hydrogens is 536 g/mol. The Morgan fingerprint density at radius 2 is 1.88 bits per heavy atom. The number of Topliss-reactive ketones (excluding diaryl/α,β-unsaturated/α-hetero) is 1. The van der Waals surface area contributed by atoms with Crippen LogP contribution in [-0.4, -0.2) is 55.7 Å². The van der Waals surface area contributed by atoms with E-state index in [0.717, 1.165) is 16.2 Å². The van der Waals surface area contributed by atoms with Crippen LogP contribution in [0.3, 0.4) is 0 Å². The minimum absolute atomic E-state index is 0.00174. The highest BCUT2D eigenvalue weighted by Gasteiger charge is 2.49. The van der Waals surface area contributed by atoms with Crippen LogP contribution in [0.2, 0.25) is 0 Å². The number of ketones is 1. The van der Waals surface area contributed by atoms with E-state index in [0.29, 0.717) is 33.9 Å². The summed E-state index contributed by atoms with van der Waals surface area (Å²) in [4.78, 5) is 45.6. The van der Waals surface area contributed by atoms with E-state index in [2.05, 4.69) is 11.6 Å². The molecule has 4 rings (SSSR count). The lowest BCUT2D eigenvalue weighted by Gasteiger charge is -2.25. The topological polar surface area (TPSA) is 124 Å². The van der Waals surface area contributed by atoms with Crippen molar-refractivity contribution in [2.24, 2.45) is 0 Å². The van der Waals surface area contributed by atoms with Crippen LogP contribution in [0.1, 0.15) is 38.1 Å². The average Bonchev–Trinajstić information content (AvgIpc) is 3.46. The van der Waals surface area contributed by atoms with E-state index < -0.39 is 23.7 Å². The summed E-state index contributed by atoms with van der Waals surface area (Å²) in [5, 5.41) is 11.6. The van der Waals surface area contributed by atoms with Crippen LogP contribution in [-0.2, 0) is 14.3 Å². The van der Waals surface area contributed by atoms with E-state index in [1.165, 1.54) is 27.4 Å². The third-order valence-corrected chi connectivity index (χ3v) is 7.51. The number of aromatic nitrogens is 1. The fourth-order valence-corrected chi connectivity index (χ4v) is 5.49. The molecule has 1 amide bonds. The second kappa shape index (κ2) is 11.6. The van der Waals surface area contributed by atoms with Gasteiger partial charge in [0.2, 0.25) is 0 Å². The highest BCUT2D eigenvalue weighted by atomic mass is 32.1. The highest BCUT2D eigenvalue weighted by Crippen LogP contribution is 2.48. The Morgan fingerprint density at radius 1 is 1.12 bits per heavy atom. The molecule has 0 bridgehead atoms. The summed E-state index contributed by atoms with van der Waals surface area (Å²) in [6, 6.07) is 8.82. The SMILES string of the molecule is C=CCOC(=O)c1sc(N2C(=O)C(=O)/C(=C(/O)c3ccc(OC)cc3C)[C@@H]2c2cccc(OC)c2OC)nc1C. The first-order chi connectivity index (χ1) is 19.2. The predicted octanol–water partition coefficient (Wildman–Crippen LogP) is 4.75. The summed E-state index contributed by atoms with van der Waals surface area (Å²) in [5.41, 5.74) is 1.48. The molecule has 1 N–H and O–H groups in total. The van der Waals surface area contributed by atoms with E-state index >= 15 is 0 Å². The van der Waals surface area contributed by atoms with E-state index in [-0.39, 0.29) is 33.7 Å². The fraction of sp³-hybridized carbons (Fsp3) is 0.241. The standard InChI is InChI=1S/C29H28N2O8S/c1-7-13-39-28(35)26-16(3)30-29(40-26)31-22(19-9-8-10-20(37-5)25(19)38-6)21(24(33)27(31)34)23(32)18-12-11-17(36-4)14-15(18)2/h7-12,14,22,32H,1,13H2,2-6H3/b23-21+/t22-/m0/s1. The average molecular weight is 565 g/mol. The van der Waals surface area contributed by atoms with Gasteiger partial charge in [-0.3, -0.25) is 14.5 Å². The Balaban J connectivity index is 1.98. The monoisotopic (exact) mass is 564 g/mol. The summed E-state index contributed by atoms with van der Waals surface area (Å²) >= 11 is 0.901. The number of rotatable bonds is 9. The molecule has 40 heavy (non-hydrogen) atoms. The molecule has 0 saturated carbocycles. The van der Waals surface area contributed by atoms with Gasteiger partial charge in [-0.1, -0.05) is 36.1 Å². The number of methoxy groups -OCH3 is 3. The van der Waals surface area contributed by atoms with Crippen molar-refractivity contribution in [2.75, 3.05) is 32.8 Å². The lowest BCUT2D eigenvalue weighted by molar-refractivity contribution is -0.132. The summed E-state index contributed by atoms with van der Waals surface area (Å²) in [6.45, 7) is 6.89. The van der Waals surface area contributed by atoms with Gasteiger partial charge in [0, 0.05) is 11.1 Å². The summed E-state index contributed by atoms with van der Waals surface area (Å²) in [5.74, 6) is -1.69. The number of hydrogen-bond donors (Lipinski definition) is 1. The second-order valence-electron chi connectivity index (χ2n) is 8.73. The first-order valence-electron chi connectivity index (χ1n) is 12.1. The first-order valence-corrected chi connectivity index (χ1v) is 12.9. The minimum Gasteiger partial charge on any atom is -0.507 e. The Labute approximate surface area is 235 Å². The Morgan fingerprint density at radius 3 is 2.50 bits per heavy atom. The van der Waals surface area contributed by atoms with Gasteiger partial charge in [0.1, 0.15) is 29.0 Å². The number of aryl methyl sites for hydroxylation is 2. The van der Waals surface area contributed by atoms with Gasteiger partial charge < -0.3 is 24.1 Å². The number of esters is 1. The van der Waals surface area contributed by atoms with Crippen molar-refractivity contribution < 1.29 is 38.4 Å². The van der Waals surface area contributed by atoms with Gasteiger partial charge in [-0.05, 0) is 43.7 Å². The molecule has 1 aliphatic rings. The van der Waals surface area contributed by atoms with Crippen LogP contribution in [0, 0.1) is 13.8 Å². The van der Waals surface area contributed by atoms with Crippen molar-refractivity contribution in [3.8, 4) is 17.2 Å². The van der Waals surface area contributed by atoms with Crippen LogP contribution in [0.15, 0.2) is 54.6 Å². The smallest absolute Gasteiger partial charge is 0.350 e. The highest BCUT2D eigenvalue weighted by molar-refractivity contribution is 7.17. The van der Waals surface area contributed by atoms with Crippen molar-refractivity contribution in [1.29, 1.82) is 0 Å². The van der Waals surface area contributed by atoms with Gasteiger partial charge in [-0.15, -0.1) is 0 Å². The molecule has 1 saturated heterocycles. The lowest BCUT2D eigenvalue weighted by atomic mass is 9.93. The first kappa shape index (κ1) is 28.4. The van der Waals surface area contributed by atoms with Crippen molar-refractivity contribution in [3.05, 3.63) is 81.9 Å². The summed E-state index contributed by atoms with van der Waals surface area (Å²) in [6.07, 6.45) is 1.43. The maximum Gasteiger partial charge on any atom is 0.350 e. The zero-order chi connectivity index (χ0) is 29.1. The Kier molecular flexibility index (Phi) is 8.24. The number of hydrogen-bond acceptors (Lipinski definition) is 10. The molecule has 3 aromatic rings. The van der Waals surface area contributed by atoms with Gasteiger partial charge in [-0.2, -0.15) is 0 Å². The normalized spacial score (nSPS) is 16.1. The van der Waals surface area contributed by atoms with E-state index in [4.69, 9.17) is 18.9 Å². The van der Waals surface area contributed by atoms with E-state index in [1.54, 1.807) is 50.2 Å². The molecular formula is C29H28N2O8S. The maximum absolute atomic E-state index is 13.6. The van der Waals surface area contributed by atoms with Gasteiger partial charge >= 0.3 is 11.9 Å². The molecule has 208 valence electrons. The molecule has 2 heterocycles. The van der Waals surface area contributed by atoms with Gasteiger partial charge in [0.15, 0.2) is 16.6 Å². The van der Waals surface area contributed by atoms with Crippen molar-refractivity contribution in [2.45, 2.75) is 19.9 Å². The van der Waals surface area contributed by atoms with E-state index in [9.17, 15) is 19.5 Å².